The molecule has 0 bridgehead atoms. The first-order chi connectivity index (χ1) is 19.2. The first kappa shape index (κ1) is 37.2. The SMILES string of the molecule is CCN(CC)CCCC(C)OC(=O)c1ccc2c(c1)C(=O)c1cc(C(=O)OC(C)CCCN(CC)CC)ccc1-2.Cl.O. The zero-order chi connectivity index (χ0) is 29.2. The molecule has 1 aliphatic carbocycles. The molecular weight excluding hydrogens is 556 g/mol. The van der Waals surface area contributed by atoms with E-state index in [-0.39, 0.29) is 35.9 Å². The third-order valence-corrected chi connectivity index (χ3v) is 7.87. The number of halogens is 1. The summed E-state index contributed by atoms with van der Waals surface area (Å²) < 4.78 is 11.3. The van der Waals surface area contributed by atoms with Gasteiger partial charge in [0, 0.05) is 11.1 Å². The predicted octanol–water partition coefficient (Wildman–Crippen LogP) is 5.83. The Bertz CT molecular complexity index is 1090. The predicted molar refractivity (Wildman–Crippen MR) is 170 cm³/mol. The number of nitrogens with zero attached hydrogens (tertiary/aromatic N) is 2. The molecule has 0 spiro atoms. The van der Waals surface area contributed by atoms with Crippen LogP contribution in [0.25, 0.3) is 11.1 Å². The van der Waals surface area contributed by atoms with Crippen molar-refractivity contribution in [3.63, 3.8) is 0 Å². The molecule has 234 valence electrons. The van der Waals surface area contributed by atoms with Gasteiger partial charge in [0.2, 0.25) is 0 Å². The van der Waals surface area contributed by atoms with Crippen LogP contribution in [0.1, 0.15) is 104 Å². The summed E-state index contributed by atoms with van der Waals surface area (Å²) in [5, 5.41) is 0. The van der Waals surface area contributed by atoms with Crippen molar-refractivity contribution in [2.24, 2.45) is 0 Å². The van der Waals surface area contributed by atoms with E-state index in [1.165, 1.54) is 0 Å². The Morgan fingerprint density at radius 3 is 1.36 bits per heavy atom. The number of fused-ring (bicyclic) bond motifs is 3. The van der Waals surface area contributed by atoms with Crippen LogP contribution in [0.4, 0.5) is 0 Å². The molecule has 8 nitrogen and oxygen atoms in total. The largest absolute Gasteiger partial charge is 0.459 e. The standard InChI is InChI=1S/C33H46N2O5.ClH.H2O/c1-7-34(8-2)19-11-13-23(5)39-32(37)25-15-17-27-28-18-16-26(22-30(28)31(36)29(27)21-25)33(38)40-24(6)14-12-20-35(9-3)10-4;;/h15-18,21-24H,7-14,19-20H2,1-6H3;1H;1H2. The van der Waals surface area contributed by atoms with E-state index in [4.69, 9.17) is 9.47 Å². The van der Waals surface area contributed by atoms with E-state index < -0.39 is 11.9 Å². The molecule has 0 aliphatic heterocycles. The van der Waals surface area contributed by atoms with Crippen LogP contribution in [0.15, 0.2) is 36.4 Å². The van der Waals surface area contributed by atoms with Crippen LogP contribution in [0, 0.1) is 0 Å². The fraction of sp³-hybridized carbons (Fsp3) is 0.545. The van der Waals surface area contributed by atoms with E-state index in [0.717, 1.165) is 76.1 Å². The molecule has 42 heavy (non-hydrogen) atoms. The highest BCUT2D eigenvalue weighted by Gasteiger charge is 2.29. The van der Waals surface area contributed by atoms with E-state index in [2.05, 4.69) is 37.5 Å². The number of hydrogen-bond donors (Lipinski definition) is 0. The van der Waals surface area contributed by atoms with E-state index in [1.54, 1.807) is 36.4 Å². The Kier molecular flexibility index (Phi) is 16.0. The molecular formula is C33H49ClN2O6. The monoisotopic (exact) mass is 604 g/mol. The van der Waals surface area contributed by atoms with Gasteiger partial charge in [-0.25, -0.2) is 9.59 Å². The fourth-order valence-corrected chi connectivity index (χ4v) is 5.24. The van der Waals surface area contributed by atoms with Crippen molar-refractivity contribution >= 4 is 30.1 Å². The number of ether oxygens (including phenoxy) is 2. The smallest absolute Gasteiger partial charge is 0.338 e. The summed E-state index contributed by atoms with van der Waals surface area (Å²) in [5.74, 6) is -1.06. The van der Waals surface area contributed by atoms with Gasteiger partial charge in [0.15, 0.2) is 5.78 Å². The van der Waals surface area contributed by atoms with Gasteiger partial charge in [0.1, 0.15) is 0 Å². The van der Waals surface area contributed by atoms with Crippen LogP contribution in [0.5, 0.6) is 0 Å². The molecule has 0 aromatic heterocycles. The summed E-state index contributed by atoms with van der Waals surface area (Å²) in [4.78, 5) is 43.6. The van der Waals surface area contributed by atoms with Crippen LogP contribution in [-0.4, -0.2) is 84.5 Å². The van der Waals surface area contributed by atoms with E-state index in [9.17, 15) is 14.4 Å². The molecule has 2 atom stereocenters. The second-order valence-corrected chi connectivity index (χ2v) is 10.6. The summed E-state index contributed by atoms with van der Waals surface area (Å²) in [7, 11) is 0. The minimum absolute atomic E-state index is 0. The molecule has 0 fully saturated rings. The third kappa shape index (κ3) is 9.63. The number of benzene rings is 2. The van der Waals surface area contributed by atoms with E-state index in [1.807, 2.05) is 13.8 Å². The molecule has 9 heteroatoms. The molecule has 2 unspecified atom stereocenters. The van der Waals surface area contributed by atoms with Gasteiger partial charge in [-0.3, -0.25) is 4.79 Å². The van der Waals surface area contributed by atoms with Crippen molar-refractivity contribution < 1.29 is 29.3 Å². The van der Waals surface area contributed by atoms with Crippen molar-refractivity contribution in [3.05, 3.63) is 58.7 Å². The highest BCUT2D eigenvalue weighted by molar-refractivity contribution is 6.22. The molecule has 3 rings (SSSR count). The van der Waals surface area contributed by atoms with Gasteiger partial charge in [-0.2, -0.15) is 0 Å². The first-order valence-corrected chi connectivity index (χ1v) is 14.9. The van der Waals surface area contributed by atoms with E-state index >= 15 is 0 Å². The Hall–Kier alpha value is -2.78. The Labute approximate surface area is 257 Å². The van der Waals surface area contributed by atoms with Gasteiger partial charge in [-0.1, -0.05) is 39.8 Å². The summed E-state index contributed by atoms with van der Waals surface area (Å²) in [6, 6.07) is 10.2. The van der Waals surface area contributed by atoms with Gasteiger partial charge in [-0.05, 0) is 114 Å². The topological polar surface area (TPSA) is 108 Å². The molecule has 0 saturated heterocycles. The molecule has 1 aliphatic rings. The molecule has 2 aromatic rings. The average molecular weight is 605 g/mol. The summed E-state index contributed by atoms with van der Waals surface area (Å²) in [6.45, 7) is 18.4. The fourth-order valence-electron chi connectivity index (χ4n) is 5.24. The van der Waals surface area contributed by atoms with Crippen LogP contribution in [-0.2, 0) is 9.47 Å². The number of hydrogen-bond acceptors (Lipinski definition) is 7. The number of rotatable bonds is 16. The lowest BCUT2D eigenvalue weighted by Gasteiger charge is -2.19. The zero-order valence-electron chi connectivity index (χ0n) is 26.0. The molecule has 0 saturated carbocycles. The van der Waals surface area contributed by atoms with Crippen molar-refractivity contribution in [2.45, 2.75) is 79.4 Å². The highest BCUT2D eigenvalue weighted by atomic mass is 35.5. The quantitative estimate of drug-likeness (QED) is 0.189. The minimum atomic E-state index is -0.429. The number of esters is 2. The summed E-state index contributed by atoms with van der Waals surface area (Å²) in [6.07, 6.45) is 3.05. The lowest BCUT2D eigenvalue weighted by molar-refractivity contribution is 0.0305. The Balaban J connectivity index is 0.00000441. The van der Waals surface area contributed by atoms with Crippen molar-refractivity contribution in [2.75, 3.05) is 39.3 Å². The number of carbonyl (C=O) groups excluding carboxylic acids is 3. The van der Waals surface area contributed by atoms with Gasteiger partial charge in [0.05, 0.1) is 23.3 Å². The minimum Gasteiger partial charge on any atom is -0.459 e. The summed E-state index contributed by atoms with van der Waals surface area (Å²) >= 11 is 0. The maximum absolute atomic E-state index is 13.3. The van der Waals surface area contributed by atoms with Gasteiger partial charge in [-0.15, -0.1) is 12.4 Å². The van der Waals surface area contributed by atoms with Crippen LogP contribution in [0.3, 0.4) is 0 Å². The first-order valence-electron chi connectivity index (χ1n) is 14.9. The van der Waals surface area contributed by atoms with Crippen molar-refractivity contribution in [1.29, 1.82) is 0 Å². The average Bonchev–Trinajstić information content (AvgIpc) is 3.23. The molecule has 2 aromatic carbocycles. The Morgan fingerprint density at radius 2 is 1.02 bits per heavy atom. The van der Waals surface area contributed by atoms with Crippen molar-refractivity contribution in [1.82, 2.24) is 9.80 Å². The van der Waals surface area contributed by atoms with Crippen LogP contribution < -0.4 is 0 Å². The number of ketones is 1. The molecule has 0 amide bonds. The third-order valence-electron chi connectivity index (χ3n) is 7.87. The zero-order valence-corrected chi connectivity index (χ0v) is 26.9. The maximum atomic E-state index is 13.3. The lowest BCUT2D eigenvalue weighted by atomic mass is 10.0. The van der Waals surface area contributed by atoms with Gasteiger partial charge >= 0.3 is 11.9 Å². The van der Waals surface area contributed by atoms with E-state index in [0.29, 0.717) is 22.3 Å². The highest BCUT2D eigenvalue weighted by Crippen LogP contribution is 2.37. The molecule has 2 N–H and O–H groups in total. The van der Waals surface area contributed by atoms with Crippen molar-refractivity contribution in [3.8, 4) is 11.1 Å². The summed E-state index contributed by atoms with van der Waals surface area (Å²) in [5.41, 5.74) is 3.13. The normalized spacial score (nSPS) is 13.1. The second kappa shape index (κ2) is 18.0. The number of carbonyl (C=O) groups is 3. The molecule has 0 heterocycles. The van der Waals surface area contributed by atoms with Gasteiger partial charge in [0.25, 0.3) is 0 Å². The van der Waals surface area contributed by atoms with Crippen LogP contribution in [0.2, 0.25) is 0 Å². The second-order valence-electron chi connectivity index (χ2n) is 10.6. The maximum Gasteiger partial charge on any atom is 0.338 e. The van der Waals surface area contributed by atoms with Gasteiger partial charge < -0.3 is 24.7 Å². The Morgan fingerprint density at radius 1 is 0.667 bits per heavy atom. The lowest BCUT2D eigenvalue weighted by Crippen LogP contribution is -2.25. The molecule has 0 radical (unpaired) electrons. The van der Waals surface area contributed by atoms with Crippen LogP contribution >= 0.6 is 12.4 Å².